The van der Waals surface area contributed by atoms with E-state index >= 15 is 0 Å². The lowest BCUT2D eigenvalue weighted by molar-refractivity contribution is -0.638. The summed E-state index contributed by atoms with van der Waals surface area (Å²) in [6, 6.07) is 11.6. The van der Waals surface area contributed by atoms with Gasteiger partial charge in [0.15, 0.2) is 0 Å². The number of para-hydroxylation sites is 2. The second-order valence-corrected chi connectivity index (χ2v) is 5.21. The maximum absolute atomic E-state index is 12.3. The molecule has 9 nitrogen and oxygen atoms in total. The van der Waals surface area contributed by atoms with E-state index in [9.17, 15) is 25.4 Å². The largest absolute Gasteiger partial charge is 0.618 e. The third-order valence-electron chi connectivity index (χ3n) is 3.55. The van der Waals surface area contributed by atoms with E-state index in [0.29, 0.717) is 9.46 Å². The first-order valence-corrected chi connectivity index (χ1v) is 7.24. The molecule has 0 bridgehead atoms. The number of aromatic nitrogens is 2. The first-order chi connectivity index (χ1) is 12.0. The van der Waals surface area contributed by atoms with Gasteiger partial charge in [0.2, 0.25) is 6.23 Å². The number of rotatable bonds is 4. The van der Waals surface area contributed by atoms with Crippen LogP contribution in [0.5, 0.6) is 5.75 Å². The lowest BCUT2D eigenvalue weighted by Crippen LogP contribution is -2.48. The number of nitrogens with one attached hydrogen (secondary N) is 2. The average molecular weight is 342 g/mol. The Kier molecular flexibility index (Phi) is 4.33. The van der Waals surface area contributed by atoms with Crippen molar-refractivity contribution in [2.24, 2.45) is 0 Å². The van der Waals surface area contributed by atoms with Crippen LogP contribution in [0.3, 0.4) is 0 Å². The van der Waals surface area contributed by atoms with Crippen molar-refractivity contribution in [2.75, 3.05) is 0 Å². The van der Waals surface area contributed by atoms with Crippen molar-refractivity contribution in [3.8, 4) is 5.75 Å². The van der Waals surface area contributed by atoms with Crippen LogP contribution in [0.4, 0.5) is 0 Å². The van der Waals surface area contributed by atoms with Crippen molar-refractivity contribution in [3.05, 3.63) is 76.4 Å². The van der Waals surface area contributed by atoms with Crippen molar-refractivity contribution < 1.29 is 24.5 Å². The average Bonchev–Trinajstić information content (AvgIpc) is 2.63. The molecule has 0 saturated heterocycles. The van der Waals surface area contributed by atoms with Gasteiger partial charge in [-0.3, -0.25) is 10.2 Å². The van der Waals surface area contributed by atoms with Crippen LogP contribution in [0.2, 0.25) is 0 Å². The van der Waals surface area contributed by atoms with Gasteiger partial charge in [0.25, 0.3) is 23.1 Å². The summed E-state index contributed by atoms with van der Waals surface area (Å²) in [5.41, 5.74) is 4.68. The lowest BCUT2D eigenvalue weighted by Gasteiger charge is -2.14. The molecule has 0 aliphatic heterocycles. The number of aliphatic hydroxyl groups is 1. The van der Waals surface area contributed by atoms with E-state index in [2.05, 4.69) is 10.9 Å². The second-order valence-electron chi connectivity index (χ2n) is 5.21. The Morgan fingerprint density at radius 2 is 1.68 bits per heavy atom. The molecule has 0 radical (unpaired) electrons. The zero-order valence-corrected chi connectivity index (χ0v) is 12.8. The third kappa shape index (κ3) is 3.27. The Morgan fingerprint density at radius 1 is 1.04 bits per heavy atom. The number of hydrogen-bond acceptors (Lipinski definition) is 6. The molecule has 3 aromatic rings. The summed E-state index contributed by atoms with van der Waals surface area (Å²) in [7, 11) is 0. The minimum Gasteiger partial charge on any atom is -0.618 e. The highest BCUT2D eigenvalue weighted by molar-refractivity contribution is 5.93. The summed E-state index contributed by atoms with van der Waals surface area (Å²) < 4.78 is 0.875. The predicted octanol–water partition coefficient (Wildman–Crippen LogP) is -0.262. The van der Waals surface area contributed by atoms with Crippen LogP contribution in [0.15, 0.2) is 54.7 Å². The first-order valence-electron chi connectivity index (χ1n) is 7.24. The Labute approximate surface area is 141 Å². The minimum absolute atomic E-state index is 0.00750. The highest BCUT2D eigenvalue weighted by atomic mass is 16.5. The fraction of sp³-hybridized carbons (Fsp3) is 0.0625. The summed E-state index contributed by atoms with van der Waals surface area (Å²) in [6.45, 7) is 0. The quantitative estimate of drug-likeness (QED) is 0.223. The van der Waals surface area contributed by atoms with Crippen molar-refractivity contribution in [2.45, 2.75) is 6.23 Å². The zero-order valence-electron chi connectivity index (χ0n) is 12.8. The molecule has 3 rings (SSSR count). The number of nitrogens with zero attached hydrogens (tertiary/aromatic N) is 2. The number of phenols is 1. The van der Waals surface area contributed by atoms with Crippen LogP contribution in [0, 0.1) is 10.4 Å². The van der Waals surface area contributed by atoms with Crippen molar-refractivity contribution in [3.63, 3.8) is 0 Å². The van der Waals surface area contributed by atoms with Gasteiger partial charge in [0, 0.05) is 17.7 Å². The van der Waals surface area contributed by atoms with Crippen LogP contribution < -0.4 is 20.3 Å². The van der Waals surface area contributed by atoms with Gasteiger partial charge in [-0.05, 0) is 24.3 Å². The third-order valence-corrected chi connectivity index (χ3v) is 3.55. The Bertz CT molecular complexity index is 930. The molecule has 0 aliphatic carbocycles. The van der Waals surface area contributed by atoms with Crippen molar-refractivity contribution in [1.29, 1.82) is 0 Å². The highest BCUT2D eigenvalue weighted by Crippen LogP contribution is 2.10. The monoisotopic (exact) mass is 342 g/mol. The summed E-state index contributed by atoms with van der Waals surface area (Å²) in [4.78, 5) is 11.9. The number of carbonyl (C=O) groups excluding carboxylic acids is 1. The molecule has 0 saturated carbocycles. The number of carbonyl (C=O) groups is 1. The summed E-state index contributed by atoms with van der Waals surface area (Å²) in [6.07, 6.45) is -0.678. The van der Waals surface area contributed by atoms with Gasteiger partial charge in [-0.2, -0.15) is 14.9 Å². The van der Waals surface area contributed by atoms with E-state index in [1.807, 2.05) is 0 Å². The molecule has 1 heterocycles. The number of hydrazine groups is 1. The molecule has 0 aliphatic rings. The number of phenolic OH excluding ortho intramolecular Hbond substituents is 1. The standard InChI is InChI=1S/C16H14N4O5/c21-11-7-5-10(6-8-11)15(22)17-18-16(23)14-9-19(24)12-3-1-2-4-13(12)20(14)25/h1-9,16,18,21,23H,(H,17,22). The summed E-state index contributed by atoms with van der Waals surface area (Å²) >= 11 is 0. The van der Waals surface area contributed by atoms with Gasteiger partial charge < -0.3 is 20.6 Å². The maximum Gasteiger partial charge on any atom is 0.304 e. The van der Waals surface area contributed by atoms with E-state index in [1.165, 1.54) is 36.4 Å². The second kappa shape index (κ2) is 6.59. The van der Waals surface area contributed by atoms with Crippen LogP contribution in [-0.4, -0.2) is 16.1 Å². The van der Waals surface area contributed by atoms with Gasteiger partial charge >= 0.3 is 5.69 Å². The van der Waals surface area contributed by atoms with Crippen LogP contribution >= 0.6 is 0 Å². The molecule has 1 aromatic heterocycles. The number of aromatic hydroxyl groups is 1. The topological polar surface area (TPSA) is 135 Å². The minimum atomic E-state index is -1.61. The summed E-state index contributed by atoms with van der Waals surface area (Å²) in [5.74, 6) is -0.583. The number of hydrogen-bond donors (Lipinski definition) is 4. The van der Waals surface area contributed by atoms with Gasteiger partial charge in [-0.15, -0.1) is 0 Å². The summed E-state index contributed by atoms with van der Waals surface area (Å²) in [5, 5.41) is 43.5. The van der Waals surface area contributed by atoms with Crippen LogP contribution in [0.1, 0.15) is 22.3 Å². The number of benzene rings is 2. The van der Waals surface area contributed by atoms with E-state index in [1.54, 1.807) is 12.1 Å². The smallest absolute Gasteiger partial charge is 0.304 e. The van der Waals surface area contributed by atoms with Crippen LogP contribution in [0.25, 0.3) is 11.0 Å². The Hall–Kier alpha value is -3.43. The van der Waals surface area contributed by atoms with E-state index in [0.717, 1.165) is 6.20 Å². The molecule has 25 heavy (non-hydrogen) atoms. The molecule has 128 valence electrons. The molecule has 1 unspecified atom stereocenters. The maximum atomic E-state index is 12.3. The van der Waals surface area contributed by atoms with Crippen molar-refractivity contribution >= 4 is 16.9 Å². The normalized spacial score (nSPS) is 12.0. The van der Waals surface area contributed by atoms with Gasteiger partial charge in [0.1, 0.15) is 5.75 Å². The fourth-order valence-electron chi connectivity index (χ4n) is 2.28. The highest BCUT2D eigenvalue weighted by Gasteiger charge is 2.25. The first kappa shape index (κ1) is 16.4. The SMILES string of the molecule is O=C(NNC(O)c1c[n+]([O-])c2ccccc2[n+]1[O-])c1ccc(O)cc1. The molecule has 1 amide bonds. The molecule has 1 atom stereocenters. The molecular weight excluding hydrogens is 328 g/mol. The zero-order chi connectivity index (χ0) is 18.0. The number of aliphatic hydroxyl groups excluding tert-OH is 1. The molecule has 4 N–H and O–H groups in total. The molecule has 0 spiro atoms. The lowest BCUT2D eigenvalue weighted by atomic mass is 10.2. The van der Waals surface area contributed by atoms with E-state index in [-0.39, 0.29) is 28.0 Å². The predicted molar refractivity (Wildman–Crippen MR) is 85.5 cm³/mol. The Morgan fingerprint density at radius 3 is 2.36 bits per heavy atom. The fourth-order valence-corrected chi connectivity index (χ4v) is 2.28. The van der Waals surface area contributed by atoms with Crippen LogP contribution in [-0.2, 0) is 0 Å². The van der Waals surface area contributed by atoms with Gasteiger partial charge in [-0.25, -0.2) is 0 Å². The molecule has 9 heteroatoms. The molecule has 2 aromatic carbocycles. The number of amides is 1. The Balaban J connectivity index is 1.78. The van der Waals surface area contributed by atoms with Crippen molar-refractivity contribution in [1.82, 2.24) is 10.9 Å². The van der Waals surface area contributed by atoms with Gasteiger partial charge in [-0.1, -0.05) is 12.1 Å². The van der Waals surface area contributed by atoms with E-state index in [4.69, 9.17) is 0 Å². The molecular formula is C16H14N4O5. The molecule has 0 fully saturated rings. The number of fused-ring (bicyclic) bond motifs is 1. The van der Waals surface area contributed by atoms with Gasteiger partial charge in [0.05, 0.1) is 0 Å². The van der Waals surface area contributed by atoms with E-state index < -0.39 is 12.1 Å².